The van der Waals surface area contributed by atoms with Crippen LogP contribution in [-0.4, -0.2) is 11.4 Å². The normalized spacial score (nSPS) is 16.7. The van der Waals surface area contributed by atoms with E-state index >= 15 is 0 Å². The Labute approximate surface area is 94.3 Å². The average molecular weight is 215 g/mol. The maximum absolute atomic E-state index is 11.7. The van der Waals surface area contributed by atoms with Crippen LogP contribution in [0.2, 0.25) is 0 Å². The summed E-state index contributed by atoms with van der Waals surface area (Å²) in [5.41, 5.74) is 1.97. The lowest BCUT2D eigenvalue weighted by Gasteiger charge is -2.32. The second kappa shape index (κ2) is 3.53. The van der Waals surface area contributed by atoms with Crippen molar-refractivity contribution in [3.63, 3.8) is 0 Å². The van der Waals surface area contributed by atoms with Gasteiger partial charge in [0, 0.05) is 0 Å². The summed E-state index contributed by atoms with van der Waals surface area (Å²) in [6.07, 6.45) is 0.378. The molecule has 0 atom stereocenters. The van der Waals surface area contributed by atoms with Crippen molar-refractivity contribution >= 4 is 17.3 Å². The number of anilines is 2. The summed E-state index contributed by atoms with van der Waals surface area (Å²) in [5, 5.41) is 14.6. The van der Waals surface area contributed by atoms with Crippen LogP contribution < -0.4 is 10.6 Å². The molecule has 82 valence electrons. The van der Waals surface area contributed by atoms with Gasteiger partial charge in [-0.05, 0) is 31.5 Å². The van der Waals surface area contributed by atoms with E-state index in [2.05, 4.69) is 16.7 Å². The van der Waals surface area contributed by atoms with Crippen molar-refractivity contribution in [2.45, 2.75) is 25.8 Å². The Kier molecular flexibility index (Phi) is 2.31. The molecule has 16 heavy (non-hydrogen) atoms. The first-order chi connectivity index (χ1) is 7.53. The second-order valence-corrected chi connectivity index (χ2v) is 4.42. The zero-order valence-electron chi connectivity index (χ0n) is 9.29. The summed E-state index contributed by atoms with van der Waals surface area (Å²) in [6.45, 7) is 3.64. The maximum atomic E-state index is 11.7. The molecule has 4 nitrogen and oxygen atoms in total. The quantitative estimate of drug-likeness (QED) is 0.751. The van der Waals surface area contributed by atoms with Crippen molar-refractivity contribution in [1.29, 1.82) is 5.26 Å². The number of rotatable bonds is 1. The molecule has 0 aromatic heterocycles. The van der Waals surface area contributed by atoms with Crippen LogP contribution in [0, 0.1) is 11.3 Å². The average Bonchev–Trinajstić information content (AvgIpc) is 2.20. The highest BCUT2D eigenvalue weighted by Gasteiger charge is 2.32. The molecule has 0 bridgehead atoms. The van der Waals surface area contributed by atoms with Crippen LogP contribution in [-0.2, 0) is 11.2 Å². The van der Waals surface area contributed by atoms with Crippen molar-refractivity contribution in [3.8, 4) is 6.07 Å². The van der Waals surface area contributed by atoms with E-state index in [1.165, 1.54) is 0 Å². The van der Waals surface area contributed by atoms with E-state index in [9.17, 15) is 4.79 Å². The van der Waals surface area contributed by atoms with Crippen molar-refractivity contribution in [1.82, 2.24) is 0 Å². The van der Waals surface area contributed by atoms with E-state index in [1.807, 2.05) is 32.0 Å². The third-order valence-electron chi connectivity index (χ3n) is 2.63. The van der Waals surface area contributed by atoms with Gasteiger partial charge in [0.15, 0.2) is 0 Å². The fraction of sp³-hybridized carbons (Fsp3) is 0.333. The molecule has 1 amide bonds. The Bertz CT molecular complexity index is 486. The number of benzene rings is 1. The van der Waals surface area contributed by atoms with Crippen LogP contribution in [0.25, 0.3) is 0 Å². The zero-order valence-corrected chi connectivity index (χ0v) is 9.29. The molecule has 2 N–H and O–H groups in total. The Morgan fingerprint density at radius 2 is 2.12 bits per heavy atom. The predicted octanol–water partition coefficient (Wildman–Crippen LogP) is 1.90. The predicted molar refractivity (Wildman–Crippen MR) is 62.1 cm³/mol. The van der Waals surface area contributed by atoms with Gasteiger partial charge in [0.25, 0.3) is 0 Å². The number of nitriles is 1. The smallest absolute Gasteiger partial charge is 0.249 e. The van der Waals surface area contributed by atoms with Crippen molar-refractivity contribution < 1.29 is 4.79 Å². The molecule has 1 heterocycles. The lowest BCUT2D eigenvalue weighted by molar-refractivity contribution is -0.119. The molecular weight excluding hydrogens is 202 g/mol. The van der Waals surface area contributed by atoms with Crippen LogP contribution in [0.1, 0.15) is 19.4 Å². The number of hydrogen-bond donors (Lipinski definition) is 2. The SMILES string of the molecule is CC1(C)Nc2cc(CC#N)ccc2NC1=O. The van der Waals surface area contributed by atoms with Gasteiger partial charge in [-0.15, -0.1) is 0 Å². The molecule has 0 spiro atoms. The molecule has 0 fully saturated rings. The summed E-state index contributed by atoms with van der Waals surface area (Å²) < 4.78 is 0. The highest BCUT2D eigenvalue weighted by Crippen LogP contribution is 2.31. The highest BCUT2D eigenvalue weighted by atomic mass is 16.2. The van der Waals surface area contributed by atoms with E-state index in [4.69, 9.17) is 5.26 Å². The minimum absolute atomic E-state index is 0.0481. The summed E-state index contributed by atoms with van der Waals surface area (Å²) in [5.74, 6) is -0.0481. The van der Waals surface area contributed by atoms with E-state index < -0.39 is 5.54 Å². The molecule has 0 saturated heterocycles. The first-order valence-electron chi connectivity index (χ1n) is 5.12. The number of nitrogens with zero attached hydrogens (tertiary/aromatic N) is 1. The molecule has 1 aromatic rings. The number of amides is 1. The summed E-state index contributed by atoms with van der Waals surface area (Å²) in [6, 6.07) is 7.68. The molecule has 0 saturated carbocycles. The van der Waals surface area contributed by atoms with Crippen LogP contribution in [0.4, 0.5) is 11.4 Å². The Balaban J connectivity index is 2.38. The molecule has 1 aliphatic heterocycles. The monoisotopic (exact) mass is 215 g/mol. The first kappa shape index (κ1) is 10.5. The van der Waals surface area contributed by atoms with Crippen LogP contribution in [0.5, 0.6) is 0 Å². The fourth-order valence-electron chi connectivity index (χ4n) is 1.68. The summed E-state index contributed by atoms with van der Waals surface area (Å²) in [7, 11) is 0. The molecule has 0 unspecified atom stereocenters. The minimum atomic E-state index is -0.613. The van der Waals surface area contributed by atoms with Gasteiger partial charge in [0.2, 0.25) is 5.91 Å². The standard InChI is InChI=1S/C12H13N3O/c1-12(2)11(16)14-9-4-3-8(5-6-13)7-10(9)15-12/h3-4,7,15H,5H2,1-2H3,(H,14,16). The number of carbonyl (C=O) groups is 1. The molecule has 1 aromatic carbocycles. The van der Waals surface area contributed by atoms with E-state index in [0.29, 0.717) is 6.42 Å². The first-order valence-corrected chi connectivity index (χ1v) is 5.12. The van der Waals surface area contributed by atoms with E-state index in [1.54, 1.807) is 0 Å². The van der Waals surface area contributed by atoms with E-state index in [-0.39, 0.29) is 5.91 Å². The summed E-state index contributed by atoms with van der Waals surface area (Å²) in [4.78, 5) is 11.7. The van der Waals surface area contributed by atoms with Gasteiger partial charge >= 0.3 is 0 Å². The molecule has 2 rings (SSSR count). The van der Waals surface area contributed by atoms with Gasteiger partial charge in [-0.25, -0.2) is 0 Å². The largest absolute Gasteiger partial charge is 0.370 e. The molecule has 0 aliphatic carbocycles. The number of nitrogens with one attached hydrogen (secondary N) is 2. The molecule has 4 heteroatoms. The second-order valence-electron chi connectivity index (χ2n) is 4.42. The molecule has 1 aliphatic rings. The van der Waals surface area contributed by atoms with Gasteiger partial charge in [-0.3, -0.25) is 4.79 Å². The third-order valence-corrected chi connectivity index (χ3v) is 2.63. The van der Waals surface area contributed by atoms with Crippen molar-refractivity contribution in [2.24, 2.45) is 0 Å². The lowest BCUT2D eigenvalue weighted by Crippen LogP contribution is -2.47. The topological polar surface area (TPSA) is 64.9 Å². The third kappa shape index (κ3) is 1.72. The van der Waals surface area contributed by atoms with Gasteiger partial charge in [-0.2, -0.15) is 5.26 Å². The summed E-state index contributed by atoms with van der Waals surface area (Å²) >= 11 is 0. The molecule has 0 radical (unpaired) electrons. The van der Waals surface area contributed by atoms with Gasteiger partial charge in [-0.1, -0.05) is 6.07 Å². The van der Waals surface area contributed by atoms with Crippen LogP contribution >= 0.6 is 0 Å². The van der Waals surface area contributed by atoms with Crippen molar-refractivity contribution in [3.05, 3.63) is 23.8 Å². The zero-order chi connectivity index (χ0) is 11.8. The van der Waals surface area contributed by atoms with Gasteiger partial charge < -0.3 is 10.6 Å². The maximum Gasteiger partial charge on any atom is 0.249 e. The molecular formula is C12H13N3O. The fourth-order valence-corrected chi connectivity index (χ4v) is 1.68. The Morgan fingerprint density at radius 1 is 1.38 bits per heavy atom. The van der Waals surface area contributed by atoms with Gasteiger partial charge in [0.05, 0.1) is 23.9 Å². The van der Waals surface area contributed by atoms with Crippen molar-refractivity contribution in [2.75, 3.05) is 10.6 Å². The van der Waals surface area contributed by atoms with Gasteiger partial charge in [0.1, 0.15) is 5.54 Å². The Morgan fingerprint density at radius 3 is 2.81 bits per heavy atom. The highest BCUT2D eigenvalue weighted by molar-refractivity contribution is 6.05. The van der Waals surface area contributed by atoms with Crippen LogP contribution in [0.15, 0.2) is 18.2 Å². The minimum Gasteiger partial charge on any atom is -0.370 e. The van der Waals surface area contributed by atoms with Crippen LogP contribution in [0.3, 0.4) is 0 Å². The number of fused-ring (bicyclic) bond motifs is 1. The Hall–Kier alpha value is -2.02. The lowest BCUT2D eigenvalue weighted by atomic mass is 9.99. The number of hydrogen-bond acceptors (Lipinski definition) is 3. The number of carbonyl (C=O) groups excluding carboxylic acids is 1. The van der Waals surface area contributed by atoms with E-state index in [0.717, 1.165) is 16.9 Å².